The van der Waals surface area contributed by atoms with Crippen molar-refractivity contribution in [2.24, 2.45) is 5.16 Å². The molecule has 0 aliphatic heterocycles. The van der Waals surface area contributed by atoms with Crippen LogP contribution < -0.4 is 0 Å². The number of oxime groups is 1. The van der Waals surface area contributed by atoms with E-state index in [1.165, 1.54) is 22.3 Å². The van der Waals surface area contributed by atoms with E-state index in [-0.39, 0.29) is 5.41 Å². The molecule has 2 aliphatic rings. The predicted octanol–water partition coefficient (Wildman–Crippen LogP) is 4.30. The van der Waals surface area contributed by atoms with E-state index in [0.29, 0.717) is 0 Å². The molecule has 98 valence electrons. The third-order valence-corrected chi connectivity index (χ3v) is 4.69. The molecule has 0 spiro atoms. The van der Waals surface area contributed by atoms with Crippen LogP contribution in [0, 0.1) is 0 Å². The zero-order valence-corrected chi connectivity index (χ0v) is 11.5. The zero-order chi connectivity index (χ0) is 13.5. The lowest BCUT2D eigenvalue weighted by Crippen LogP contribution is -2.29. The van der Waals surface area contributed by atoms with E-state index in [4.69, 9.17) is 0 Å². The molecule has 0 atom stereocenters. The fraction of sp³-hybridized carbons (Fsp3) is 0.353. The number of benzene rings is 1. The van der Waals surface area contributed by atoms with Crippen LogP contribution in [0.5, 0.6) is 0 Å². The van der Waals surface area contributed by atoms with Gasteiger partial charge < -0.3 is 5.21 Å². The molecule has 0 amide bonds. The summed E-state index contributed by atoms with van der Waals surface area (Å²) in [6.45, 7) is 4.45. The van der Waals surface area contributed by atoms with Gasteiger partial charge in [0.2, 0.25) is 0 Å². The summed E-state index contributed by atoms with van der Waals surface area (Å²) in [5, 5.41) is 12.9. The minimum Gasteiger partial charge on any atom is -0.411 e. The van der Waals surface area contributed by atoms with Crippen molar-refractivity contribution in [2.75, 3.05) is 0 Å². The number of rotatable bonds is 2. The van der Waals surface area contributed by atoms with Gasteiger partial charge in [-0.2, -0.15) is 0 Å². The van der Waals surface area contributed by atoms with Crippen LogP contribution in [0.15, 0.2) is 47.1 Å². The van der Waals surface area contributed by atoms with Gasteiger partial charge in [-0.15, -0.1) is 0 Å². The summed E-state index contributed by atoms with van der Waals surface area (Å²) < 4.78 is 0. The molecule has 0 saturated carbocycles. The molecule has 1 N–H and O–H groups in total. The van der Waals surface area contributed by atoms with Crippen LogP contribution in [-0.2, 0) is 5.41 Å². The summed E-state index contributed by atoms with van der Waals surface area (Å²) in [6, 6.07) is 8.60. The fourth-order valence-electron chi connectivity index (χ4n) is 3.73. The Kier molecular flexibility index (Phi) is 2.81. The van der Waals surface area contributed by atoms with E-state index in [2.05, 4.69) is 55.4 Å². The molecule has 0 radical (unpaired) electrons. The van der Waals surface area contributed by atoms with Crippen molar-refractivity contribution in [1.82, 2.24) is 0 Å². The van der Waals surface area contributed by atoms with Gasteiger partial charge in [-0.05, 0) is 35.1 Å². The smallest absolute Gasteiger partial charge is 0.0880 e. The Morgan fingerprint density at radius 2 is 1.95 bits per heavy atom. The number of allylic oxidation sites excluding steroid dienone is 4. The maximum atomic E-state index is 9.36. The standard InChI is InChI=1S/C17H19NO/c1-3-17(4-2)14-10-6-5-8-12(14)13-9-7-11-15(18-19)16(13)17/h5-10,19H,3-4,11H2,1-2H3. The molecule has 0 bridgehead atoms. The van der Waals surface area contributed by atoms with Gasteiger partial charge in [0.05, 0.1) is 5.71 Å². The molecular formula is C17H19NO. The number of hydrogen-bond acceptors (Lipinski definition) is 2. The van der Waals surface area contributed by atoms with E-state index >= 15 is 0 Å². The highest BCUT2D eigenvalue weighted by Crippen LogP contribution is 2.52. The van der Waals surface area contributed by atoms with E-state index in [1.807, 2.05) is 0 Å². The molecule has 1 aromatic carbocycles. The van der Waals surface area contributed by atoms with E-state index in [9.17, 15) is 5.21 Å². The average Bonchev–Trinajstić information content (AvgIpc) is 2.78. The molecule has 0 fully saturated rings. The summed E-state index contributed by atoms with van der Waals surface area (Å²) >= 11 is 0. The van der Waals surface area contributed by atoms with Gasteiger partial charge in [-0.25, -0.2) is 0 Å². The van der Waals surface area contributed by atoms with Gasteiger partial charge in [0.15, 0.2) is 0 Å². The first-order valence-electron chi connectivity index (χ1n) is 7.01. The highest BCUT2D eigenvalue weighted by atomic mass is 16.4. The zero-order valence-electron chi connectivity index (χ0n) is 11.5. The van der Waals surface area contributed by atoms with Gasteiger partial charge in [0, 0.05) is 11.8 Å². The molecule has 3 rings (SSSR count). The van der Waals surface area contributed by atoms with Crippen molar-refractivity contribution < 1.29 is 5.21 Å². The monoisotopic (exact) mass is 253 g/mol. The maximum Gasteiger partial charge on any atom is 0.0880 e. The third kappa shape index (κ3) is 1.46. The van der Waals surface area contributed by atoms with Crippen LogP contribution >= 0.6 is 0 Å². The van der Waals surface area contributed by atoms with Crippen LogP contribution in [-0.4, -0.2) is 10.9 Å². The Morgan fingerprint density at radius 3 is 2.63 bits per heavy atom. The van der Waals surface area contributed by atoms with Gasteiger partial charge in [-0.1, -0.05) is 55.4 Å². The SMILES string of the molecule is CCC1(CC)C2=C(C=CCC2=NO)c2ccccc21. The van der Waals surface area contributed by atoms with Gasteiger partial charge >= 0.3 is 0 Å². The summed E-state index contributed by atoms with van der Waals surface area (Å²) in [5.41, 5.74) is 6.02. The van der Waals surface area contributed by atoms with Gasteiger partial charge in [-0.3, -0.25) is 0 Å². The average molecular weight is 253 g/mol. The van der Waals surface area contributed by atoms with Crippen molar-refractivity contribution in [3.05, 3.63) is 53.1 Å². The van der Waals surface area contributed by atoms with Gasteiger partial charge in [0.25, 0.3) is 0 Å². The minimum atomic E-state index is 0.0122. The Balaban J connectivity index is 2.34. The van der Waals surface area contributed by atoms with Crippen molar-refractivity contribution in [3.63, 3.8) is 0 Å². The normalized spacial score (nSPS) is 21.7. The maximum absolute atomic E-state index is 9.36. The van der Waals surface area contributed by atoms with Crippen LogP contribution in [0.1, 0.15) is 44.2 Å². The Morgan fingerprint density at radius 1 is 1.21 bits per heavy atom. The molecule has 0 aromatic heterocycles. The second-order valence-electron chi connectivity index (χ2n) is 5.28. The van der Waals surface area contributed by atoms with E-state index in [0.717, 1.165) is 25.0 Å². The van der Waals surface area contributed by atoms with Gasteiger partial charge in [0.1, 0.15) is 0 Å². The third-order valence-electron chi connectivity index (χ3n) is 4.69. The molecule has 1 aromatic rings. The predicted molar refractivity (Wildman–Crippen MR) is 78.6 cm³/mol. The fourth-order valence-corrected chi connectivity index (χ4v) is 3.73. The summed E-state index contributed by atoms with van der Waals surface area (Å²) in [5.74, 6) is 0. The van der Waals surface area contributed by atoms with Crippen molar-refractivity contribution in [3.8, 4) is 0 Å². The number of hydrogen-bond donors (Lipinski definition) is 1. The first kappa shape index (κ1) is 12.2. The number of fused-ring (bicyclic) bond motifs is 2. The lowest BCUT2D eigenvalue weighted by atomic mass is 9.70. The Labute approximate surface area is 114 Å². The summed E-state index contributed by atoms with van der Waals surface area (Å²) in [6.07, 6.45) is 7.07. The molecular weight excluding hydrogens is 234 g/mol. The highest BCUT2D eigenvalue weighted by molar-refractivity contribution is 6.14. The number of nitrogens with zero attached hydrogens (tertiary/aromatic N) is 1. The van der Waals surface area contributed by atoms with Crippen molar-refractivity contribution >= 4 is 11.3 Å². The molecule has 2 nitrogen and oxygen atoms in total. The summed E-state index contributed by atoms with van der Waals surface area (Å²) in [4.78, 5) is 0. The minimum absolute atomic E-state index is 0.0122. The first-order chi connectivity index (χ1) is 9.28. The first-order valence-corrected chi connectivity index (χ1v) is 7.01. The lowest BCUT2D eigenvalue weighted by molar-refractivity contribution is 0.317. The van der Waals surface area contributed by atoms with Crippen molar-refractivity contribution in [1.29, 1.82) is 0 Å². The topological polar surface area (TPSA) is 32.6 Å². The molecule has 0 heterocycles. The van der Waals surface area contributed by atoms with Crippen LogP contribution in [0.3, 0.4) is 0 Å². The molecule has 2 heteroatoms. The highest BCUT2D eigenvalue weighted by Gasteiger charge is 2.44. The van der Waals surface area contributed by atoms with E-state index < -0.39 is 0 Å². The Hall–Kier alpha value is -1.83. The quantitative estimate of drug-likeness (QED) is 0.618. The Bertz CT molecular complexity index is 603. The van der Waals surface area contributed by atoms with Crippen LogP contribution in [0.4, 0.5) is 0 Å². The summed E-state index contributed by atoms with van der Waals surface area (Å²) in [7, 11) is 0. The second-order valence-corrected chi connectivity index (χ2v) is 5.28. The van der Waals surface area contributed by atoms with Crippen molar-refractivity contribution in [2.45, 2.75) is 38.5 Å². The molecule has 19 heavy (non-hydrogen) atoms. The van der Waals surface area contributed by atoms with Crippen LogP contribution in [0.2, 0.25) is 0 Å². The molecule has 0 unspecified atom stereocenters. The van der Waals surface area contributed by atoms with E-state index in [1.54, 1.807) is 0 Å². The van der Waals surface area contributed by atoms with Crippen LogP contribution in [0.25, 0.3) is 5.57 Å². The molecule has 2 aliphatic carbocycles. The molecule has 0 saturated heterocycles. The largest absolute Gasteiger partial charge is 0.411 e. The second kappa shape index (κ2) is 4.37. The lowest BCUT2D eigenvalue weighted by Gasteiger charge is -2.32.